The number of carbonyl (C=O) groups excluding carboxylic acids is 1. The number of rotatable bonds is 10. The monoisotopic (exact) mass is 472 g/mol. The van der Waals surface area contributed by atoms with E-state index in [0.29, 0.717) is 30.6 Å². The highest BCUT2D eigenvalue weighted by Crippen LogP contribution is 2.20. The van der Waals surface area contributed by atoms with Gasteiger partial charge in [0.15, 0.2) is 0 Å². The van der Waals surface area contributed by atoms with Gasteiger partial charge in [-0.1, -0.05) is 48.0 Å². The summed E-state index contributed by atoms with van der Waals surface area (Å²) in [4.78, 5) is 27.9. The smallest absolute Gasteiger partial charge is 0.335 e. The Balaban J connectivity index is 1.37. The molecule has 1 saturated heterocycles. The van der Waals surface area contributed by atoms with Gasteiger partial charge < -0.3 is 21.1 Å². The van der Waals surface area contributed by atoms with Crippen molar-refractivity contribution in [2.75, 3.05) is 33.2 Å². The number of likely N-dealkylation sites (N-methyl/N-ethyl adjacent to an activating group) is 1. The average molecular weight is 473 g/mol. The van der Waals surface area contributed by atoms with Crippen LogP contribution < -0.4 is 11.1 Å². The molecule has 1 amide bonds. The summed E-state index contributed by atoms with van der Waals surface area (Å²) in [5, 5.41) is 12.5. The number of carbonyl (C=O) groups is 2. The maximum absolute atomic E-state index is 12.7. The van der Waals surface area contributed by atoms with E-state index in [0.717, 1.165) is 38.0 Å². The number of aromatic carboxylic acids is 1. The number of nitrogens with zero attached hydrogens (tertiary/aromatic N) is 2. The number of hydrogen-bond donors (Lipinski definition) is 3. The van der Waals surface area contributed by atoms with Crippen LogP contribution in [-0.4, -0.2) is 66.1 Å². The van der Waals surface area contributed by atoms with Crippen molar-refractivity contribution in [1.29, 1.82) is 0 Å². The third-order valence-corrected chi connectivity index (χ3v) is 6.51. The Kier molecular flexibility index (Phi) is 9.26. The molecule has 1 aliphatic heterocycles. The summed E-state index contributed by atoms with van der Waals surface area (Å²) in [7, 11) is 1.82. The third-order valence-electron chi connectivity index (χ3n) is 6.16. The van der Waals surface area contributed by atoms with Gasteiger partial charge in [0.2, 0.25) is 5.91 Å². The maximum atomic E-state index is 12.7. The van der Waals surface area contributed by atoms with Crippen molar-refractivity contribution in [2.24, 2.45) is 11.7 Å². The molecule has 1 heterocycles. The molecule has 0 aromatic heterocycles. The second kappa shape index (κ2) is 12.1. The summed E-state index contributed by atoms with van der Waals surface area (Å²) >= 11 is 6.15. The van der Waals surface area contributed by atoms with Crippen LogP contribution in [-0.2, 0) is 17.9 Å². The van der Waals surface area contributed by atoms with E-state index in [1.165, 1.54) is 17.7 Å². The molecule has 7 nitrogen and oxygen atoms in total. The van der Waals surface area contributed by atoms with Crippen LogP contribution >= 0.6 is 11.6 Å². The summed E-state index contributed by atoms with van der Waals surface area (Å²) in [6.07, 6.45) is 2.14. The van der Waals surface area contributed by atoms with E-state index in [-0.39, 0.29) is 11.5 Å². The average Bonchev–Trinajstić information content (AvgIpc) is 2.81. The van der Waals surface area contributed by atoms with Crippen LogP contribution in [0, 0.1) is 5.92 Å². The minimum atomic E-state index is -1.02. The van der Waals surface area contributed by atoms with Crippen LogP contribution in [0.25, 0.3) is 0 Å². The number of nitrogens with two attached hydrogens (primary N) is 1. The molecule has 8 heteroatoms. The van der Waals surface area contributed by atoms with Crippen molar-refractivity contribution in [3.05, 3.63) is 70.2 Å². The Morgan fingerprint density at radius 1 is 1.21 bits per heavy atom. The quantitative estimate of drug-likeness (QED) is 0.491. The molecule has 1 atom stereocenters. The van der Waals surface area contributed by atoms with Crippen LogP contribution in [0.1, 0.15) is 34.3 Å². The van der Waals surface area contributed by atoms with Crippen molar-refractivity contribution in [3.8, 4) is 0 Å². The molecule has 0 spiro atoms. The highest BCUT2D eigenvalue weighted by atomic mass is 35.5. The van der Waals surface area contributed by atoms with Crippen molar-refractivity contribution in [3.63, 3.8) is 0 Å². The lowest BCUT2D eigenvalue weighted by atomic mass is 9.95. The molecule has 2 aromatic carbocycles. The van der Waals surface area contributed by atoms with Gasteiger partial charge >= 0.3 is 5.97 Å². The number of halogens is 1. The summed E-state index contributed by atoms with van der Waals surface area (Å²) in [5.41, 5.74) is 8.36. The molecular weight excluding hydrogens is 440 g/mol. The fourth-order valence-corrected chi connectivity index (χ4v) is 4.45. The first-order valence-corrected chi connectivity index (χ1v) is 11.7. The number of likely N-dealkylation sites (tertiary alicyclic amines) is 1. The van der Waals surface area contributed by atoms with Gasteiger partial charge in [0.25, 0.3) is 0 Å². The van der Waals surface area contributed by atoms with Gasteiger partial charge in [-0.25, -0.2) is 4.79 Å². The normalized spacial score (nSPS) is 15.8. The maximum Gasteiger partial charge on any atom is 0.335 e. The Hall–Kier alpha value is -2.45. The molecule has 33 heavy (non-hydrogen) atoms. The third kappa shape index (κ3) is 7.54. The summed E-state index contributed by atoms with van der Waals surface area (Å²) in [6.45, 7) is 4.49. The molecule has 3 rings (SSSR count). The second-order valence-electron chi connectivity index (χ2n) is 8.77. The second-order valence-corrected chi connectivity index (χ2v) is 9.18. The lowest BCUT2D eigenvalue weighted by molar-refractivity contribution is -0.132. The zero-order valence-electron chi connectivity index (χ0n) is 19.0. The lowest BCUT2D eigenvalue weighted by Gasteiger charge is -2.34. The highest BCUT2D eigenvalue weighted by molar-refractivity contribution is 6.31. The molecule has 1 aliphatic rings. The van der Waals surface area contributed by atoms with Gasteiger partial charge in [-0.15, -0.1) is 0 Å². The summed E-state index contributed by atoms with van der Waals surface area (Å²) < 4.78 is 0. The summed E-state index contributed by atoms with van der Waals surface area (Å²) in [6, 6.07) is 14.5. The topological polar surface area (TPSA) is 98.9 Å². The van der Waals surface area contributed by atoms with Gasteiger partial charge in [-0.05, 0) is 55.1 Å². The number of carboxylic acid groups (broad SMARTS) is 1. The number of piperidine rings is 1. The SMILES string of the molecule is CN(CC1CCN(Cc2ccccc2)CC1)C(=O)C(N)CNCc1ccc(C(=O)O)cc1Cl. The fraction of sp³-hybridized carbons (Fsp3) is 0.440. The molecule has 2 aromatic rings. The molecular formula is C25H33ClN4O3. The van der Waals surface area contributed by atoms with Crippen LogP contribution in [0.4, 0.5) is 0 Å². The summed E-state index contributed by atoms with van der Waals surface area (Å²) in [5.74, 6) is -0.617. The number of carboxylic acids is 1. The number of benzene rings is 2. The zero-order chi connectivity index (χ0) is 23.8. The number of hydrogen-bond acceptors (Lipinski definition) is 5. The van der Waals surface area contributed by atoms with Gasteiger partial charge in [0, 0.05) is 38.2 Å². The molecule has 0 aliphatic carbocycles. The van der Waals surface area contributed by atoms with Crippen LogP contribution in [0.15, 0.2) is 48.5 Å². The molecule has 1 unspecified atom stereocenters. The van der Waals surface area contributed by atoms with Crippen molar-refractivity contribution >= 4 is 23.5 Å². The van der Waals surface area contributed by atoms with Crippen molar-refractivity contribution in [2.45, 2.75) is 32.0 Å². The van der Waals surface area contributed by atoms with Crippen LogP contribution in [0.2, 0.25) is 5.02 Å². The minimum absolute atomic E-state index is 0.0819. The van der Waals surface area contributed by atoms with Crippen LogP contribution in [0.5, 0.6) is 0 Å². The predicted octanol–water partition coefficient (Wildman–Crippen LogP) is 2.83. The predicted molar refractivity (Wildman–Crippen MR) is 130 cm³/mol. The van der Waals surface area contributed by atoms with Gasteiger partial charge in [0.1, 0.15) is 0 Å². The molecule has 0 saturated carbocycles. The molecule has 4 N–H and O–H groups in total. The Morgan fingerprint density at radius 3 is 2.55 bits per heavy atom. The van der Waals surface area contributed by atoms with E-state index >= 15 is 0 Å². The molecule has 1 fully saturated rings. The van der Waals surface area contributed by atoms with Gasteiger partial charge in [-0.2, -0.15) is 0 Å². The molecule has 0 bridgehead atoms. The zero-order valence-corrected chi connectivity index (χ0v) is 19.8. The molecule has 0 radical (unpaired) electrons. The van der Waals surface area contributed by atoms with E-state index in [1.807, 2.05) is 13.1 Å². The first-order valence-electron chi connectivity index (χ1n) is 11.3. The first kappa shape index (κ1) is 25.2. The standard InChI is InChI=1S/C25H33ClN4O3/c1-29(16-19-9-11-30(12-10-19)17-18-5-3-2-4-6-18)24(31)23(27)15-28-14-21-8-7-20(25(32)33)13-22(21)26/h2-8,13,19,23,28H,9-12,14-17,27H2,1H3,(H,32,33). The highest BCUT2D eigenvalue weighted by Gasteiger charge is 2.24. The van der Waals surface area contributed by atoms with E-state index in [1.54, 1.807) is 11.0 Å². The molecule has 178 valence electrons. The first-order chi connectivity index (χ1) is 15.8. The van der Waals surface area contributed by atoms with Gasteiger partial charge in [0.05, 0.1) is 11.6 Å². The number of nitrogens with one attached hydrogen (secondary N) is 1. The number of amides is 1. The Bertz CT molecular complexity index is 933. The van der Waals surface area contributed by atoms with Gasteiger partial charge in [-0.3, -0.25) is 9.69 Å². The lowest BCUT2D eigenvalue weighted by Crippen LogP contribution is -2.49. The van der Waals surface area contributed by atoms with E-state index in [2.05, 4.69) is 34.5 Å². The van der Waals surface area contributed by atoms with E-state index in [4.69, 9.17) is 22.4 Å². The van der Waals surface area contributed by atoms with Crippen molar-refractivity contribution in [1.82, 2.24) is 15.1 Å². The van der Waals surface area contributed by atoms with Crippen LogP contribution in [0.3, 0.4) is 0 Å². The Labute approximate surface area is 200 Å². The van der Waals surface area contributed by atoms with E-state index < -0.39 is 12.0 Å². The largest absolute Gasteiger partial charge is 0.478 e. The van der Waals surface area contributed by atoms with E-state index in [9.17, 15) is 9.59 Å². The minimum Gasteiger partial charge on any atom is -0.478 e. The van der Waals surface area contributed by atoms with Crippen molar-refractivity contribution < 1.29 is 14.7 Å². The Morgan fingerprint density at radius 2 is 1.91 bits per heavy atom. The fourth-order valence-electron chi connectivity index (χ4n) is 4.20.